The molecule has 72 valence electrons. The van der Waals surface area contributed by atoms with Crippen LogP contribution >= 0.6 is 15.9 Å². The Morgan fingerprint density at radius 1 is 1.57 bits per heavy atom. The van der Waals surface area contributed by atoms with Crippen LogP contribution in [0, 0.1) is 0 Å². The molecule has 0 fully saturated rings. The van der Waals surface area contributed by atoms with Gasteiger partial charge in [0.15, 0.2) is 0 Å². The highest BCUT2D eigenvalue weighted by molar-refractivity contribution is 9.10. The molecule has 2 rings (SSSR count). The van der Waals surface area contributed by atoms with E-state index in [0.29, 0.717) is 11.4 Å². The lowest BCUT2D eigenvalue weighted by molar-refractivity contribution is 0.411. The first kappa shape index (κ1) is 9.21. The number of nitrogens with zero attached hydrogens (tertiary/aromatic N) is 2. The maximum atomic E-state index is 11.4. The highest BCUT2D eigenvalue weighted by Crippen LogP contribution is 2.24. The molecule has 0 saturated carbocycles. The Morgan fingerprint density at radius 3 is 3.07 bits per heavy atom. The van der Waals surface area contributed by atoms with Gasteiger partial charge in [-0.25, -0.2) is 4.98 Å². The lowest BCUT2D eigenvalue weighted by Gasteiger charge is -2.05. The van der Waals surface area contributed by atoms with Gasteiger partial charge in [-0.3, -0.25) is 9.20 Å². The number of hydrogen-bond donors (Lipinski definition) is 0. The molecule has 0 N–H and O–H groups in total. The van der Waals surface area contributed by atoms with Crippen molar-refractivity contribution in [1.82, 2.24) is 9.38 Å². The Kier molecular flexibility index (Phi) is 2.25. The molecule has 2 aromatic heterocycles. The molecule has 5 heteroatoms. The van der Waals surface area contributed by atoms with Gasteiger partial charge in [0, 0.05) is 24.5 Å². The van der Waals surface area contributed by atoms with Gasteiger partial charge in [0.05, 0.1) is 11.6 Å². The summed E-state index contributed by atoms with van der Waals surface area (Å²) in [5.74, 6) is 0.656. The molecular weight excluding hydrogens is 248 g/mol. The molecule has 0 saturated heterocycles. The van der Waals surface area contributed by atoms with Crippen LogP contribution in [0.4, 0.5) is 0 Å². The van der Waals surface area contributed by atoms with Crippen LogP contribution in [-0.2, 0) is 0 Å². The zero-order valence-electron chi connectivity index (χ0n) is 7.40. The van der Waals surface area contributed by atoms with Crippen LogP contribution < -0.4 is 10.3 Å². The number of ether oxygens (including phenoxy) is 1. The molecule has 4 nitrogen and oxygen atoms in total. The van der Waals surface area contributed by atoms with Crippen molar-refractivity contribution in [2.24, 2.45) is 0 Å². The third-order valence-electron chi connectivity index (χ3n) is 1.87. The van der Waals surface area contributed by atoms with E-state index in [-0.39, 0.29) is 5.56 Å². The van der Waals surface area contributed by atoms with Crippen molar-refractivity contribution in [3.8, 4) is 5.75 Å². The third kappa shape index (κ3) is 1.39. The molecule has 0 amide bonds. The number of rotatable bonds is 1. The van der Waals surface area contributed by atoms with Crippen LogP contribution in [0.25, 0.3) is 5.65 Å². The molecule has 0 aliphatic heterocycles. The fourth-order valence-corrected chi connectivity index (χ4v) is 1.67. The third-order valence-corrected chi connectivity index (χ3v) is 2.46. The zero-order valence-corrected chi connectivity index (χ0v) is 8.98. The Hall–Kier alpha value is -1.36. The van der Waals surface area contributed by atoms with Crippen molar-refractivity contribution >= 4 is 21.6 Å². The number of aromatic nitrogens is 2. The molecule has 0 spiro atoms. The Bertz CT molecular complexity index is 536. The average Bonchev–Trinajstić information content (AvgIpc) is 2.19. The van der Waals surface area contributed by atoms with E-state index >= 15 is 0 Å². The maximum Gasteiger partial charge on any atom is 0.257 e. The first-order valence-electron chi connectivity index (χ1n) is 3.93. The normalized spacial score (nSPS) is 10.4. The summed E-state index contributed by atoms with van der Waals surface area (Å²) in [6, 6.07) is 3.11. The van der Waals surface area contributed by atoms with E-state index < -0.39 is 0 Å². The second kappa shape index (κ2) is 3.42. The minimum absolute atomic E-state index is 0.113. The predicted molar refractivity (Wildman–Crippen MR) is 55.7 cm³/mol. The van der Waals surface area contributed by atoms with Gasteiger partial charge in [-0.05, 0) is 15.9 Å². The first-order valence-corrected chi connectivity index (χ1v) is 4.72. The van der Waals surface area contributed by atoms with Crippen LogP contribution in [0.1, 0.15) is 0 Å². The first-order chi connectivity index (χ1) is 6.72. The molecule has 2 aromatic rings. The van der Waals surface area contributed by atoms with Gasteiger partial charge in [0.1, 0.15) is 11.4 Å². The van der Waals surface area contributed by atoms with E-state index in [4.69, 9.17) is 4.74 Å². The molecule has 0 radical (unpaired) electrons. The molecule has 2 heterocycles. The van der Waals surface area contributed by atoms with Gasteiger partial charge < -0.3 is 4.74 Å². The smallest absolute Gasteiger partial charge is 0.257 e. The highest BCUT2D eigenvalue weighted by atomic mass is 79.9. The quantitative estimate of drug-likeness (QED) is 0.774. The summed E-state index contributed by atoms with van der Waals surface area (Å²) in [5.41, 5.74) is 0.455. The van der Waals surface area contributed by atoms with E-state index in [1.807, 2.05) is 0 Å². The molecule has 0 atom stereocenters. The molecule has 14 heavy (non-hydrogen) atoms. The number of fused-ring (bicyclic) bond motifs is 1. The van der Waals surface area contributed by atoms with Crippen molar-refractivity contribution in [2.75, 3.05) is 7.11 Å². The summed E-state index contributed by atoms with van der Waals surface area (Å²) in [7, 11) is 1.57. The second-order valence-electron chi connectivity index (χ2n) is 2.70. The highest BCUT2D eigenvalue weighted by Gasteiger charge is 2.03. The largest absolute Gasteiger partial charge is 0.495 e. The minimum atomic E-state index is -0.113. The van der Waals surface area contributed by atoms with E-state index in [9.17, 15) is 4.79 Å². The van der Waals surface area contributed by atoms with Crippen LogP contribution in [0.5, 0.6) is 5.75 Å². The van der Waals surface area contributed by atoms with Crippen molar-refractivity contribution in [3.05, 3.63) is 39.4 Å². The summed E-state index contributed by atoms with van der Waals surface area (Å²) in [5, 5.41) is 0. The van der Waals surface area contributed by atoms with Crippen LogP contribution in [0.15, 0.2) is 33.8 Å². The van der Waals surface area contributed by atoms with Crippen molar-refractivity contribution in [3.63, 3.8) is 0 Å². The molecule has 0 bridgehead atoms. The molecule has 0 aliphatic rings. The fourth-order valence-electron chi connectivity index (χ4n) is 1.19. The minimum Gasteiger partial charge on any atom is -0.495 e. The topological polar surface area (TPSA) is 43.6 Å². The van der Waals surface area contributed by atoms with Gasteiger partial charge in [0.25, 0.3) is 5.56 Å². The van der Waals surface area contributed by atoms with Crippen molar-refractivity contribution < 1.29 is 4.74 Å². The Labute approximate surface area is 88.3 Å². The van der Waals surface area contributed by atoms with E-state index in [1.165, 1.54) is 16.7 Å². The SMILES string of the molecule is COc1cc2nccc(=O)n2cc1Br. The summed E-state index contributed by atoms with van der Waals surface area (Å²) in [4.78, 5) is 15.4. The van der Waals surface area contributed by atoms with Gasteiger partial charge in [-0.2, -0.15) is 0 Å². The predicted octanol–water partition coefficient (Wildman–Crippen LogP) is 1.47. The standard InChI is InChI=1S/C9H7BrN2O2/c1-14-7-4-8-11-3-2-9(13)12(8)5-6(7)10/h2-5H,1H3. The fraction of sp³-hybridized carbons (Fsp3) is 0.111. The molecular formula is C9H7BrN2O2. The lowest BCUT2D eigenvalue weighted by atomic mass is 10.4. The summed E-state index contributed by atoms with van der Waals surface area (Å²) >= 11 is 3.30. The van der Waals surface area contributed by atoms with E-state index in [2.05, 4.69) is 20.9 Å². The second-order valence-corrected chi connectivity index (χ2v) is 3.56. The summed E-state index contributed by atoms with van der Waals surface area (Å²) < 4.78 is 7.27. The molecule has 0 aromatic carbocycles. The summed E-state index contributed by atoms with van der Waals surface area (Å²) in [6.07, 6.45) is 3.12. The van der Waals surface area contributed by atoms with Gasteiger partial charge in [-0.15, -0.1) is 0 Å². The van der Waals surface area contributed by atoms with Gasteiger partial charge in [0.2, 0.25) is 0 Å². The van der Waals surface area contributed by atoms with E-state index in [1.54, 1.807) is 19.4 Å². The Morgan fingerprint density at radius 2 is 2.36 bits per heavy atom. The van der Waals surface area contributed by atoms with Crippen LogP contribution in [0.2, 0.25) is 0 Å². The number of pyridine rings is 1. The van der Waals surface area contributed by atoms with Crippen molar-refractivity contribution in [2.45, 2.75) is 0 Å². The number of halogens is 1. The number of hydrogen-bond acceptors (Lipinski definition) is 3. The van der Waals surface area contributed by atoms with Crippen molar-refractivity contribution in [1.29, 1.82) is 0 Å². The lowest BCUT2D eigenvalue weighted by Crippen LogP contribution is -2.12. The zero-order chi connectivity index (χ0) is 10.1. The monoisotopic (exact) mass is 254 g/mol. The number of methoxy groups -OCH3 is 1. The molecule has 0 unspecified atom stereocenters. The Balaban J connectivity index is 2.86. The van der Waals surface area contributed by atoms with Gasteiger partial charge in [-0.1, -0.05) is 0 Å². The summed E-state index contributed by atoms with van der Waals surface area (Å²) in [6.45, 7) is 0. The molecule has 0 aliphatic carbocycles. The maximum absolute atomic E-state index is 11.4. The van der Waals surface area contributed by atoms with Gasteiger partial charge >= 0.3 is 0 Å². The average molecular weight is 255 g/mol. The van der Waals surface area contributed by atoms with E-state index in [0.717, 1.165) is 4.47 Å². The van der Waals surface area contributed by atoms with Crippen LogP contribution in [-0.4, -0.2) is 16.5 Å². The van der Waals surface area contributed by atoms with Crippen LogP contribution in [0.3, 0.4) is 0 Å².